The molecule has 0 spiro atoms. The van der Waals surface area contributed by atoms with Crippen molar-refractivity contribution < 1.29 is 31.5 Å². The molecule has 10 nitrogen and oxygen atoms in total. The van der Waals surface area contributed by atoms with Gasteiger partial charge in [-0.05, 0) is 92.1 Å². The molecule has 320 valence electrons. The number of aryl methyl sites for hydroxylation is 2. The number of carbonyl (C=O) groups is 1. The zero-order valence-corrected chi connectivity index (χ0v) is 36.0. The number of rotatable bonds is 18. The van der Waals surface area contributed by atoms with Gasteiger partial charge in [0.15, 0.2) is 11.6 Å². The van der Waals surface area contributed by atoms with E-state index >= 15 is 8.78 Å². The minimum Gasteiger partial charge on any atom is -0.466 e. The number of esters is 1. The number of halogens is 2. The first kappa shape index (κ1) is 43.6. The number of nitrogens with zero attached hydrogens (tertiary/aromatic N) is 5. The number of carbonyl (C=O) groups excluding carboxylic acids is 1. The van der Waals surface area contributed by atoms with Crippen molar-refractivity contribution in [1.29, 1.82) is 0 Å². The predicted molar refractivity (Wildman–Crippen MR) is 240 cm³/mol. The quantitative estimate of drug-likeness (QED) is 0.0628. The molecule has 2 atom stereocenters. The van der Waals surface area contributed by atoms with Gasteiger partial charge in [-0.1, -0.05) is 68.0 Å². The highest BCUT2D eigenvalue weighted by molar-refractivity contribution is 7.90. The van der Waals surface area contributed by atoms with Crippen molar-refractivity contribution in [1.82, 2.24) is 13.8 Å². The second-order valence-corrected chi connectivity index (χ2v) is 17.8. The van der Waals surface area contributed by atoms with Gasteiger partial charge in [0.25, 0.3) is 10.0 Å². The third-order valence-corrected chi connectivity index (χ3v) is 12.6. The average Bonchev–Trinajstić information content (AvgIpc) is 4.02. The van der Waals surface area contributed by atoms with Crippen LogP contribution in [0.25, 0.3) is 22.2 Å². The summed E-state index contributed by atoms with van der Waals surface area (Å²) in [7, 11) is -4.12. The van der Waals surface area contributed by atoms with Crippen molar-refractivity contribution in [3.8, 4) is 22.8 Å². The topological polar surface area (TPSA) is 117 Å². The first-order chi connectivity index (χ1) is 29.7. The standard InChI is InChI=1S/C49H49F2N5O5S/c1-7-11-43(34-13-10-12-33(26-34)16-21-47(57)60-9-3)56-44(22-24-53-56)40-28-36(17-20-41(40)50)61-48-39(27-35-31-52-46(54-35)30-49(5,6)8-2)38-23-25-55(45(38)29-42(48)51)62(58,59)37-18-14-32(4)15-19-37/h7-8,10,12-15,17-20,22-26,28-29,31,43,46H,1-2,9,11,16,21,27,30H2,3-6H3. The maximum Gasteiger partial charge on any atom is 0.306 e. The minimum atomic E-state index is -4.12. The molecule has 0 saturated heterocycles. The summed E-state index contributed by atoms with van der Waals surface area (Å²) in [4.78, 5) is 21.6. The lowest BCUT2D eigenvalue weighted by molar-refractivity contribution is -0.143. The van der Waals surface area contributed by atoms with Crippen LogP contribution in [-0.2, 0) is 32.4 Å². The Morgan fingerprint density at radius 1 is 1.00 bits per heavy atom. The van der Waals surface area contributed by atoms with E-state index in [1.807, 2.05) is 51.1 Å². The molecule has 0 bridgehead atoms. The van der Waals surface area contributed by atoms with Crippen molar-refractivity contribution >= 4 is 38.8 Å². The molecule has 0 fully saturated rings. The van der Waals surface area contributed by atoms with Gasteiger partial charge in [0, 0.05) is 54.0 Å². The van der Waals surface area contributed by atoms with E-state index in [9.17, 15) is 13.2 Å². The first-order valence-electron chi connectivity index (χ1n) is 20.5. The molecule has 62 heavy (non-hydrogen) atoms. The molecule has 1 aliphatic rings. The van der Waals surface area contributed by atoms with E-state index in [4.69, 9.17) is 14.5 Å². The molecule has 6 aromatic rings. The number of hydrogen-bond donors (Lipinski definition) is 0. The predicted octanol–water partition coefficient (Wildman–Crippen LogP) is 10.8. The molecular weight excluding hydrogens is 809 g/mol. The monoisotopic (exact) mass is 857 g/mol. The van der Waals surface area contributed by atoms with Gasteiger partial charge >= 0.3 is 5.97 Å². The van der Waals surface area contributed by atoms with Crippen LogP contribution in [0.2, 0.25) is 0 Å². The normalized spacial score (nSPS) is 14.5. The molecule has 2 unspecified atom stereocenters. The molecule has 0 amide bonds. The second-order valence-electron chi connectivity index (χ2n) is 16.0. The van der Waals surface area contributed by atoms with E-state index in [2.05, 4.69) is 23.2 Å². The molecule has 4 aromatic carbocycles. The Hall–Kier alpha value is -6.47. The lowest BCUT2D eigenvalue weighted by Gasteiger charge is -2.21. The highest BCUT2D eigenvalue weighted by atomic mass is 32.2. The molecule has 13 heteroatoms. The first-order valence-corrected chi connectivity index (χ1v) is 21.9. The van der Waals surface area contributed by atoms with Gasteiger partial charge in [-0.15, -0.1) is 13.2 Å². The maximum absolute atomic E-state index is 16.7. The number of fused-ring (bicyclic) bond motifs is 1. The average molecular weight is 858 g/mol. The van der Waals surface area contributed by atoms with Crippen molar-refractivity contribution in [2.24, 2.45) is 15.4 Å². The highest BCUT2D eigenvalue weighted by Gasteiger charge is 2.28. The lowest BCUT2D eigenvalue weighted by Crippen LogP contribution is -2.14. The van der Waals surface area contributed by atoms with Crippen LogP contribution < -0.4 is 4.74 Å². The Bertz CT molecular complexity index is 2820. The van der Waals surface area contributed by atoms with E-state index in [1.54, 1.807) is 54.4 Å². The number of benzene rings is 4. The third kappa shape index (κ3) is 9.37. The smallest absolute Gasteiger partial charge is 0.306 e. The van der Waals surface area contributed by atoms with Gasteiger partial charge in [0.05, 0.1) is 34.5 Å². The zero-order valence-electron chi connectivity index (χ0n) is 35.2. The van der Waals surface area contributed by atoms with Gasteiger partial charge in [0.1, 0.15) is 17.7 Å². The number of aromatic nitrogens is 3. The summed E-state index contributed by atoms with van der Waals surface area (Å²) in [5.41, 5.74) is 4.09. The molecule has 0 aliphatic carbocycles. The van der Waals surface area contributed by atoms with Crippen molar-refractivity contribution in [2.75, 3.05) is 6.61 Å². The van der Waals surface area contributed by atoms with E-state index < -0.39 is 21.7 Å². The number of aliphatic imine (C=N–C) groups is 2. The van der Waals surface area contributed by atoms with E-state index in [1.165, 1.54) is 36.5 Å². The Morgan fingerprint density at radius 3 is 2.53 bits per heavy atom. The van der Waals surface area contributed by atoms with Gasteiger partial charge in [-0.2, -0.15) is 5.10 Å². The van der Waals surface area contributed by atoms with Crippen LogP contribution in [0, 0.1) is 24.0 Å². The molecule has 0 radical (unpaired) electrons. The Morgan fingerprint density at radius 2 is 1.79 bits per heavy atom. The van der Waals surface area contributed by atoms with Crippen LogP contribution in [0.3, 0.4) is 0 Å². The second kappa shape index (κ2) is 18.3. The number of allylic oxidation sites excluding steroid dienone is 2. The lowest BCUT2D eigenvalue weighted by atomic mass is 9.88. The fourth-order valence-electron chi connectivity index (χ4n) is 7.58. The van der Waals surface area contributed by atoms with Crippen LogP contribution >= 0.6 is 0 Å². The number of hydrogen-bond acceptors (Lipinski definition) is 8. The molecule has 1 aliphatic heterocycles. The van der Waals surface area contributed by atoms with Crippen LogP contribution in [-0.4, -0.2) is 52.8 Å². The molecular formula is C49H49F2N5O5S. The van der Waals surface area contributed by atoms with Crippen LogP contribution in [0.5, 0.6) is 11.5 Å². The summed E-state index contributed by atoms with van der Waals surface area (Å²) in [6.45, 7) is 15.9. The van der Waals surface area contributed by atoms with Gasteiger partial charge in [-0.25, -0.2) is 21.2 Å². The SMILES string of the molecule is C=CCC(c1cccc(CCC(=O)OCC)c1)n1nccc1-c1cc(Oc2c(F)cc3c(ccn3S(=O)(=O)c3ccc(C)cc3)c2CC2=NC(CC(C)(C)C=C)N=C2)ccc1F. The van der Waals surface area contributed by atoms with Gasteiger partial charge in [-0.3, -0.25) is 19.5 Å². The molecule has 7 rings (SSSR count). The summed E-state index contributed by atoms with van der Waals surface area (Å²) in [6, 6.07) is 22.5. The van der Waals surface area contributed by atoms with Gasteiger partial charge in [0.2, 0.25) is 0 Å². The summed E-state index contributed by atoms with van der Waals surface area (Å²) < 4.78 is 74.8. The largest absolute Gasteiger partial charge is 0.466 e. The third-order valence-electron chi connectivity index (χ3n) is 10.9. The summed E-state index contributed by atoms with van der Waals surface area (Å²) in [6.07, 6.45) is 9.72. The fourth-order valence-corrected chi connectivity index (χ4v) is 8.92. The van der Waals surface area contributed by atoms with E-state index in [0.29, 0.717) is 48.2 Å². The van der Waals surface area contributed by atoms with Gasteiger partial charge < -0.3 is 9.47 Å². The Balaban J connectivity index is 1.27. The van der Waals surface area contributed by atoms with Crippen LogP contribution in [0.4, 0.5) is 8.78 Å². The van der Waals surface area contributed by atoms with Crippen molar-refractivity contribution in [3.63, 3.8) is 0 Å². The van der Waals surface area contributed by atoms with Crippen molar-refractivity contribution in [2.45, 2.75) is 76.9 Å². The fraction of sp³-hybridized carbons (Fsp3) is 0.265. The molecule has 3 heterocycles. The Kier molecular flexibility index (Phi) is 12.8. The van der Waals surface area contributed by atoms with E-state index in [0.717, 1.165) is 26.7 Å². The Labute approximate surface area is 361 Å². The van der Waals surface area contributed by atoms with E-state index in [-0.39, 0.29) is 63.9 Å². The summed E-state index contributed by atoms with van der Waals surface area (Å²) in [5, 5.41) is 5.05. The number of ether oxygens (including phenoxy) is 2. The van der Waals surface area contributed by atoms with Crippen LogP contribution in [0.15, 0.2) is 138 Å². The summed E-state index contributed by atoms with van der Waals surface area (Å²) in [5.74, 6) is -1.68. The maximum atomic E-state index is 16.7. The molecule has 0 N–H and O–H groups in total. The minimum absolute atomic E-state index is 0.0537. The zero-order chi connectivity index (χ0) is 44.2. The highest BCUT2D eigenvalue weighted by Crippen LogP contribution is 2.40. The van der Waals surface area contributed by atoms with Crippen LogP contribution in [0.1, 0.15) is 68.3 Å². The molecule has 0 saturated carbocycles. The molecule has 2 aromatic heterocycles. The van der Waals surface area contributed by atoms with Crippen molar-refractivity contribution in [3.05, 3.63) is 157 Å². The summed E-state index contributed by atoms with van der Waals surface area (Å²) >= 11 is 0.